The number of thiol groups is 1. The van der Waals surface area contributed by atoms with E-state index >= 15 is 0 Å². The molecule has 0 bridgehead atoms. The molecule has 0 N–H and O–H groups in total. The van der Waals surface area contributed by atoms with Crippen LogP contribution in [-0.2, 0) is 9.53 Å². The fourth-order valence-corrected chi connectivity index (χ4v) is 2.23. The quantitative estimate of drug-likeness (QED) is 0.399. The molecule has 0 fully saturated rings. The van der Waals surface area contributed by atoms with Crippen molar-refractivity contribution in [3.63, 3.8) is 0 Å². The van der Waals surface area contributed by atoms with Gasteiger partial charge in [-0.05, 0) is 33.1 Å². The molecular weight excluding hydrogens is 266 g/mol. The number of aromatic nitrogens is 1. The Kier molecular flexibility index (Phi) is 5.75. The first-order valence-corrected chi connectivity index (χ1v) is 7.31. The first-order valence-electron chi connectivity index (χ1n) is 5.63. The Hall–Kier alpha value is -0.940. The van der Waals surface area contributed by atoms with Crippen LogP contribution in [0.15, 0.2) is 22.7 Å². The topological polar surface area (TPSA) is 30.2 Å². The normalized spacial score (nSPS) is 12.1. The van der Waals surface area contributed by atoms with Crippen molar-refractivity contribution in [2.75, 3.05) is 12.9 Å². The molecule has 0 amide bonds. The summed E-state index contributed by atoms with van der Waals surface area (Å²) in [4.78, 5) is 12.0. The fourth-order valence-electron chi connectivity index (χ4n) is 1.64. The second-order valence-electron chi connectivity index (χ2n) is 3.88. The van der Waals surface area contributed by atoms with Crippen LogP contribution in [0.5, 0.6) is 0 Å². The van der Waals surface area contributed by atoms with E-state index in [1.54, 1.807) is 11.5 Å². The highest BCUT2D eigenvalue weighted by molar-refractivity contribution is 8.15. The van der Waals surface area contributed by atoms with E-state index in [1.165, 1.54) is 11.8 Å². The molecule has 1 rings (SSSR count). The van der Waals surface area contributed by atoms with Gasteiger partial charge in [0.05, 0.1) is 6.61 Å². The van der Waals surface area contributed by atoms with Gasteiger partial charge in [-0.3, -0.25) is 0 Å². The van der Waals surface area contributed by atoms with E-state index in [9.17, 15) is 4.79 Å². The maximum absolute atomic E-state index is 12.0. The zero-order valence-electron chi connectivity index (χ0n) is 11.1. The van der Waals surface area contributed by atoms with Gasteiger partial charge < -0.3 is 4.74 Å². The Morgan fingerprint density at radius 1 is 1.39 bits per heavy atom. The molecule has 3 nitrogen and oxygen atoms in total. The predicted octanol–water partition coefficient (Wildman–Crippen LogP) is 2.57. The van der Waals surface area contributed by atoms with Gasteiger partial charge in [0.25, 0.3) is 0 Å². The van der Waals surface area contributed by atoms with Gasteiger partial charge in [-0.1, -0.05) is 0 Å². The molecule has 18 heavy (non-hydrogen) atoms. The molecule has 0 saturated heterocycles. The summed E-state index contributed by atoms with van der Waals surface area (Å²) in [6, 6.07) is 2.05. The van der Waals surface area contributed by atoms with Crippen molar-refractivity contribution < 1.29 is 14.1 Å². The Morgan fingerprint density at radius 2 is 1.94 bits per heavy atom. The third kappa shape index (κ3) is 3.78. The van der Waals surface area contributed by atoms with Crippen LogP contribution in [0.3, 0.4) is 0 Å². The van der Waals surface area contributed by atoms with Crippen LogP contribution in [0, 0.1) is 13.8 Å². The lowest BCUT2D eigenvalue weighted by molar-refractivity contribution is -0.579. The van der Waals surface area contributed by atoms with Gasteiger partial charge in [-0.2, -0.15) is 4.57 Å². The molecule has 1 aromatic rings. The third-order valence-electron chi connectivity index (χ3n) is 2.26. The first-order chi connectivity index (χ1) is 8.49. The number of thioether (sulfide) groups is 1. The molecule has 98 valence electrons. The molecule has 0 aliphatic carbocycles. The predicted molar refractivity (Wildman–Crippen MR) is 78.5 cm³/mol. The molecule has 0 aromatic carbocycles. The minimum Gasteiger partial charge on any atom is -0.458 e. The molecule has 0 spiro atoms. The highest BCUT2D eigenvalue weighted by atomic mass is 32.2. The standard InChI is InChI=1S/C13H17NO2S2/c1-5-16-12(15)11(13(17)18-4)14-7-9(2)6-10(3)8-14/h6-8H,5H2,1-4H3/p+1. The molecule has 0 atom stereocenters. The van der Waals surface area contributed by atoms with Crippen molar-refractivity contribution in [1.82, 2.24) is 0 Å². The van der Waals surface area contributed by atoms with Gasteiger partial charge in [0.2, 0.25) is 0 Å². The van der Waals surface area contributed by atoms with Gasteiger partial charge in [0, 0.05) is 11.1 Å². The number of carbonyl (C=O) groups excluding carboxylic acids is 1. The Bertz CT molecular complexity index is 464. The second-order valence-corrected chi connectivity index (χ2v) is 5.44. The minimum absolute atomic E-state index is 0.350. The Labute approximate surface area is 118 Å². The summed E-state index contributed by atoms with van der Waals surface area (Å²) in [6.45, 7) is 6.12. The van der Waals surface area contributed by atoms with Crippen molar-refractivity contribution in [2.24, 2.45) is 0 Å². The number of esters is 1. The van der Waals surface area contributed by atoms with Gasteiger partial charge in [-0.25, -0.2) is 4.79 Å². The van der Waals surface area contributed by atoms with Crippen molar-refractivity contribution >= 4 is 36.1 Å². The van der Waals surface area contributed by atoms with Crippen molar-refractivity contribution in [3.05, 3.63) is 33.8 Å². The van der Waals surface area contributed by atoms with E-state index < -0.39 is 0 Å². The minimum atomic E-state index is -0.355. The third-order valence-corrected chi connectivity index (χ3v) is 3.60. The lowest BCUT2D eigenvalue weighted by Gasteiger charge is -2.05. The molecule has 0 aliphatic rings. The Morgan fingerprint density at radius 3 is 2.39 bits per heavy atom. The number of carbonyl (C=O) groups is 1. The van der Waals surface area contributed by atoms with Crippen LogP contribution in [0.1, 0.15) is 18.1 Å². The van der Waals surface area contributed by atoms with Crippen molar-refractivity contribution in [3.8, 4) is 0 Å². The molecule has 5 heteroatoms. The van der Waals surface area contributed by atoms with Gasteiger partial charge in [0.15, 0.2) is 12.4 Å². The number of pyridine rings is 1. The zero-order chi connectivity index (χ0) is 13.7. The van der Waals surface area contributed by atoms with Crippen LogP contribution >= 0.6 is 24.4 Å². The van der Waals surface area contributed by atoms with Crippen molar-refractivity contribution in [1.29, 1.82) is 0 Å². The summed E-state index contributed by atoms with van der Waals surface area (Å²) >= 11 is 5.77. The number of hydrogen-bond acceptors (Lipinski definition) is 4. The molecule has 0 radical (unpaired) electrons. The maximum atomic E-state index is 12.0. The number of nitrogens with zero attached hydrogens (tertiary/aromatic N) is 1. The summed E-state index contributed by atoms with van der Waals surface area (Å²) in [5.41, 5.74) is 2.62. The van der Waals surface area contributed by atoms with Crippen LogP contribution in [0.25, 0.3) is 5.70 Å². The molecule has 0 aliphatic heterocycles. The molecule has 1 heterocycles. The molecule has 0 saturated carbocycles. The summed E-state index contributed by atoms with van der Waals surface area (Å²) in [5.74, 6) is -0.355. The number of hydrogen-bond donors (Lipinski definition) is 1. The lowest BCUT2D eigenvalue weighted by Crippen LogP contribution is -2.38. The monoisotopic (exact) mass is 284 g/mol. The van der Waals surface area contributed by atoms with Crippen LogP contribution < -0.4 is 4.57 Å². The summed E-state index contributed by atoms with van der Waals surface area (Å²) in [6.07, 6.45) is 5.67. The van der Waals surface area contributed by atoms with Crippen LogP contribution in [-0.4, -0.2) is 18.8 Å². The van der Waals surface area contributed by atoms with E-state index in [0.29, 0.717) is 16.5 Å². The van der Waals surface area contributed by atoms with Crippen LogP contribution in [0.2, 0.25) is 0 Å². The SMILES string of the molecule is CCOC(=O)/C(=C(/S)SC)[n+]1cc(C)cc(C)c1. The number of aryl methyl sites for hydroxylation is 2. The van der Waals surface area contributed by atoms with E-state index in [-0.39, 0.29) is 5.97 Å². The van der Waals surface area contributed by atoms with Gasteiger partial charge in [0.1, 0.15) is 4.24 Å². The lowest BCUT2D eigenvalue weighted by atomic mass is 10.2. The molecular formula is C13H18NO2S2+. The van der Waals surface area contributed by atoms with Gasteiger partial charge >= 0.3 is 11.7 Å². The smallest absolute Gasteiger partial charge is 0.405 e. The average molecular weight is 284 g/mol. The van der Waals surface area contributed by atoms with Gasteiger partial charge in [-0.15, -0.1) is 24.4 Å². The zero-order valence-corrected chi connectivity index (χ0v) is 12.8. The van der Waals surface area contributed by atoms with E-state index in [0.717, 1.165) is 11.1 Å². The number of rotatable bonds is 4. The maximum Gasteiger partial charge on any atom is 0.405 e. The van der Waals surface area contributed by atoms with Crippen LogP contribution in [0.4, 0.5) is 0 Å². The van der Waals surface area contributed by atoms with Crippen molar-refractivity contribution in [2.45, 2.75) is 20.8 Å². The summed E-state index contributed by atoms with van der Waals surface area (Å²) in [7, 11) is 0. The second kappa shape index (κ2) is 6.85. The summed E-state index contributed by atoms with van der Waals surface area (Å²) in [5, 5.41) is 0. The highest BCUT2D eigenvalue weighted by Crippen LogP contribution is 2.22. The summed E-state index contributed by atoms with van der Waals surface area (Å²) < 4.78 is 7.50. The number of ether oxygens (including phenoxy) is 1. The Balaban J connectivity index is 3.31. The highest BCUT2D eigenvalue weighted by Gasteiger charge is 2.26. The van der Waals surface area contributed by atoms with E-state index in [2.05, 4.69) is 18.7 Å². The largest absolute Gasteiger partial charge is 0.458 e. The first kappa shape index (κ1) is 15.1. The fraction of sp³-hybridized carbons (Fsp3) is 0.385. The van der Waals surface area contributed by atoms with E-state index in [1.807, 2.05) is 32.5 Å². The van der Waals surface area contributed by atoms with E-state index in [4.69, 9.17) is 4.74 Å². The average Bonchev–Trinajstić information content (AvgIpc) is 2.28. The molecule has 0 unspecified atom stereocenters. The molecule has 1 aromatic heterocycles.